The molecule has 0 bridgehead atoms. The first-order valence-electron chi connectivity index (χ1n) is 5.57. The van der Waals surface area contributed by atoms with Gasteiger partial charge in [0.25, 0.3) is 0 Å². The first-order valence-corrected chi connectivity index (χ1v) is 5.95. The van der Waals surface area contributed by atoms with E-state index >= 15 is 0 Å². The maximum Gasteiger partial charge on any atom is 0.146 e. The average Bonchev–Trinajstić information content (AvgIpc) is 2.34. The Labute approximate surface area is 110 Å². The summed E-state index contributed by atoms with van der Waals surface area (Å²) in [7, 11) is 0. The predicted octanol–water partition coefficient (Wildman–Crippen LogP) is 3.75. The number of anilines is 1. The summed E-state index contributed by atoms with van der Waals surface area (Å²) in [5.74, 6) is -0.340. The maximum absolute atomic E-state index is 13.6. The molecular weight excluding hydrogens is 253 g/mol. The largest absolute Gasteiger partial charge is 0.374 e. The number of aromatic nitrogens is 2. The minimum absolute atomic E-state index is 0.147. The number of aryl methyl sites for hydroxylation is 1. The molecule has 2 aromatic rings. The Morgan fingerprint density at radius 2 is 2.00 bits per heavy atom. The number of rotatable bonds is 3. The minimum Gasteiger partial charge on any atom is -0.374 e. The van der Waals surface area contributed by atoms with Gasteiger partial charge in [-0.2, -0.15) is 0 Å². The second kappa shape index (κ2) is 5.31. The number of benzene rings is 1. The van der Waals surface area contributed by atoms with Gasteiger partial charge in [0.1, 0.15) is 5.82 Å². The first-order chi connectivity index (χ1) is 8.58. The third-order valence-electron chi connectivity index (χ3n) is 2.63. The van der Waals surface area contributed by atoms with Crippen molar-refractivity contribution < 1.29 is 4.39 Å². The average molecular weight is 266 g/mol. The van der Waals surface area contributed by atoms with Crippen LogP contribution in [-0.2, 0) is 0 Å². The molecule has 94 valence electrons. The number of hydrogen-bond donors (Lipinski definition) is 1. The van der Waals surface area contributed by atoms with E-state index in [0.717, 1.165) is 11.4 Å². The van der Waals surface area contributed by atoms with Gasteiger partial charge in [0, 0.05) is 17.4 Å². The molecule has 0 aliphatic rings. The lowest BCUT2D eigenvalue weighted by Gasteiger charge is -2.16. The molecule has 2 rings (SSSR count). The summed E-state index contributed by atoms with van der Waals surface area (Å²) in [5.41, 5.74) is 1.97. The Bertz CT molecular complexity index is 560. The van der Waals surface area contributed by atoms with Crippen molar-refractivity contribution in [1.82, 2.24) is 9.97 Å². The predicted molar refractivity (Wildman–Crippen MR) is 70.2 cm³/mol. The topological polar surface area (TPSA) is 37.8 Å². The molecule has 0 fully saturated rings. The first kappa shape index (κ1) is 12.8. The van der Waals surface area contributed by atoms with Crippen molar-refractivity contribution >= 4 is 17.3 Å². The number of nitrogens with one attached hydrogen (secondary N) is 1. The van der Waals surface area contributed by atoms with Crippen LogP contribution < -0.4 is 5.32 Å². The molecule has 0 saturated heterocycles. The zero-order valence-electron chi connectivity index (χ0n) is 10.1. The van der Waals surface area contributed by atoms with E-state index in [1.165, 1.54) is 12.1 Å². The second-order valence-corrected chi connectivity index (χ2v) is 4.45. The van der Waals surface area contributed by atoms with Crippen molar-refractivity contribution in [3.8, 4) is 0 Å². The Hall–Kier alpha value is -1.68. The van der Waals surface area contributed by atoms with Gasteiger partial charge in [-0.1, -0.05) is 11.6 Å². The van der Waals surface area contributed by atoms with Gasteiger partial charge < -0.3 is 5.32 Å². The van der Waals surface area contributed by atoms with E-state index in [0.29, 0.717) is 10.7 Å². The molecule has 0 aliphatic heterocycles. The summed E-state index contributed by atoms with van der Waals surface area (Å²) >= 11 is 5.84. The lowest BCUT2D eigenvalue weighted by atomic mass is 10.1. The second-order valence-electron chi connectivity index (χ2n) is 4.02. The molecule has 0 aliphatic carbocycles. The maximum atomic E-state index is 13.6. The van der Waals surface area contributed by atoms with E-state index in [2.05, 4.69) is 15.3 Å². The van der Waals surface area contributed by atoms with Crippen molar-refractivity contribution in [3.63, 3.8) is 0 Å². The highest BCUT2D eigenvalue weighted by Gasteiger charge is 2.12. The fourth-order valence-corrected chi connectivity index (χ4v) is 1.93. The molecule has 1 unspecified atom stereocenters. The minimum atomic E-state index is -0.340. The molecule has 0 spiro atoms. The smallest absolute Gasteiger partial charge is 0.146 e. The molecular formula is C13H13ClFN3. The van der Waals surface area contributed by atoms with Crippen molar-refractivity contribution in [2.24, 2.45) is 0 Å². The summed E-state index contributed by atoms with van der Waals surface area (Å²) in [6.45, 7) is 3.77. The number of hydrogen-bond acceptors (Lipinski definition) is 3. The van der Waals surface area contributed by atoms with Crippen LogP contribution in [-0.4, -0.2) is 9.97 Å². The van der Waals surface area contributed by atoms with E-state index in [1.807, 2.05) is 13.8 Å². The van der Waals surface area contributed by atoms with E-state index in [-0.39, 0.29) is 11.9 Å². The van der Waals surface area contributed by atoms with Crippen LogP contribution in [0.15, 0.2) is 30.6 Å². The summed E-state index contributed by atoms with van der Waals surface area (Å²) in [5, 5.41) is 3.53. The molecule has 1 aromatic heterocycles. The zero-order chi connectivity index (χ0) is 13.1. The normalized spacial score (nSPS) is 12.2. The SMILES string of the molecule is Cc1nccnc1C(C)Nc1cc(Cl)ccc1F. The highest BCUT2D eigenvalue weighted by molar-refractivity contribution is 6.30. The van der Waals surface area contributed by atoms with Gasteiger partial charge in [-0.05, 0) is 32.0 Å². The highest BCUT2D eigenvalue weighted by atomic mass is 35.5. The van der Waals surface area contributed by atoms with E-state index in [9.17, 15) is 4.39 Å². The van der Waals surface area contributed by atoms with Crippen LogP contribution in [0.4, 0.5) is 10.1 Å². The summed E-state index contributed by atoms with van der Waals surface area (Å²) in [4.78, 5) is 8.41. The summed E-state index contributed by atoms with van der Waals surface area (Å²) < 4.78 is 13.6. The summed E-state index contributed by atoms with van der Waals surface area (Å²) in [6.07, 6.45) is 3.25. The van der Waals surface area contributed by atoms with Crippen molar-refractivity contribution in [2.45, 2.75) is 19.9 Å². The Balaban J connectivity index is 2.24. The fourth-order valence-electron chi connectivity index (χ4n) is 1.75. The lowest BCUT2D eigenvalue weighted by Crippen LogP contribution is -2.11. The van der Waals surface area contributed by atoms with Crippen LogP contribution in [0, 0.1) is 12.7 Å². The van der Waals surface area contributed by atoms with Crippen molar-refractivity contribution in [3.05, 3.63) is 52.8 Å². The molecule has 3 nitrogen and oxygen atoms in total. The van der Waals surface area contributed by atoms with Gasteiger partial charge in [-0.3, -0.25) is 9.97 Å². The molecule has 18 heavy (non-hydrogen) atoms. The Morgan fingerprint density at radius 1 is 1.28 bits per heavy atom. The summed E-state index contributed by atoms with van der Waals surface area (Å²) in [6, 6.07) is 4.26. The Kier molecular flexibility index (Phi) is 3.77. The molecule has 0 radical (unpaired) electrons. The van der Waals surface area contributed by atoms with Gasteiger partial charge in [0.2, 0.25) is 0 Å². The molecule has 0 saturated carbocycles. The van der Waals surface area contributed by atoms with Crippen LogP contribution in [0.25, 0.3) is 0 Å². The molecule has 1 N–H and O–H groups in total. The van der Waals surface area contributed by atoms with Crippen LogP contribution in [0.3, 0.4) is 0 Å². The Morgan fingerprint density at radius 3 is 2.72 bits per heavy atom. The van der Waals surface area contributed by atoms with E-state index < -0.39 is 0 Å². The van der Waals surface area contributed by atoms with Gasteiger partial charge in [-0.15, -0.1) is 0 Å². The van der Waals surface area contributed by atoms with Crippen LogP contribution in [0.5, 0.6) is 0 Å². The third kappa shape index (κ3) is 2.76. The molecule has 1 atom stereocenters. The molecule has 5 heteroatoms. The quantitative estimate of drug-likeness (QED) is 0.918. The zero-order valence-corrected chi connectivity index (χ0v) is 10.9. The van der Waals surface area contributed by atoms with Crippen molar-refractivity contribution in [1.29, 1.82) is 0 Å². The third-order valence-corrected chi connectivity index (χ3v) is 2.86. The van der Waals surface area contributed by atoms with Crippen molar-refractivity contribution in [2.75, 3.05) is 5.32 Å². The van der Waals surface area contributed by atoms with E-state index in [1.54, 1.807) is 18.5 Å². The van der Waals surface area contributed by atoms with Gasteiger partial charge in [-0.25, -0.2) is 4.39 Å². The lowest BCUT2D eigenvalue weighted by molar-refractivity contribution is 0.626. The van der Waals surface area contributed by atoms with Crippen LogP contribution >= 0.6 is 11.6 Å². The molecule has 1 aromatic carbocycles. The fraction of sp³-hybridized carbons (Fsp3) is 0.231. The molecule has 1 heterocycles. The number of nitrogens with zero attached hydrogens (tertiary/aromatic N) is 2. The van der Waals surface area contributed by atoms with Crippen LogP contribution in [0.2, 0.25) is 5.02 Å². The monoisotopic (exact) mass is 265 g/mol. The standard InChI is InChI=1S/C13H13ClFN3/c1-8-13(17-6-5-16-8)9(2)18-12-7-10(14)3-4-11(12)15/h3-7,9,18H,1-2H3. The van der Waals surface area contributed by atoms with Gasteiger partial charge in [0.15, 0.2) is 0 Å². The number of halogens is 2. The van der Waals surface area contributed by atoms with Gasteiger partial charge >= 0.3 is 0 Å². The highest BCUT2D eigenvalue weighted by Crippen LogP contribution is 2.24. The van der Waals surface area contributed by atoms with Crippen LogP contribution in [0.1, 0.15) is 24.4 Å². The van der Waals surface area contributed by atoms with E-state index in [4.69, 9.17) is 11.6 Å². The molecule has 0 amide bonds. The van der Waals surface area contributed by atoms with Gasteiger partial charge in [0.05, 0.1) is 23.1 Å².